The summed E-state index contributed by atoms with van der Waals surface area (Å²) in [5.41, 5.74) is 2.42. The predicted octanol–water partition coefficient (Wildman–Crippen LogP) is 11.5. The molecule has 3 atom stereocenters. The largest absolute Gasteiger partial charge is 0.461 e. The third-order valence-electron chi connectivity index (χ3n) is 9.57. The average molecular weight is 619 g/mol. The third kappa shape index (κ3) is 15.1. The molecule has 0 aromatic heterocycles. The first kappa shape index (κ1) is 39.9. The van der Waals surface area contributed by atoms with Gasteiger partial charge in [0.25, 0.3) is 0 Å². The van der Waals surface area contributed by atoms with Crippen LogP contribution in [0, 0.1) is 5.92 Å². The quantitative estimate of drug-likeness (QED) is 0.0637. The maximum atomic E-state index is 13.4. The molecule has 4 nitrogen and oxygen atoms in total. The minimum Gasteiger partial charge on any atom is -0.461 e. The number of hydrogen-bond donors (Lipinski definition) is 1. The van der Waals surface area contributed by atoms with Crippen molar-refractivity contribution in [2.24, 2.45) is 5.92 Å². The highest BCUT2D eigenvalue weighted by Gasteiger charge is 2.47. The highest BCUT2D eigenvalue weighted by Crippen LogP contribution is 2.44. The molecule has 0 bridgehead atoms. The van der Waals surface area contributed by atoms with Gasteiger partial charge in [-0.2, -0.15) is 0 Å². The zero-order valence-electron chi connectivity index (χ0n) is 29.5. The van der Waals surface area contributed by atoms with Crippen LogP contribution in [0.25, 0.3) is 0 Å². The number of ether oxygens (including phenoxy) is 1. The molecule has 0 spiro atoms. The van der Waals surface area contributed by atoms with Gasteiger partial charge >= 0.3 is 5.97 Å². The van der Waals surface area contributed by atoms with Crippen LogP contribution >= 0.6 is 0 Å². The predicted molar refractivity (Wildman–Crippen MR) is 187 cm³/mol. The lowest BCUT2D eigenvalue weighted by atomic mass is 9.90. The van der Waals surface area contributed by atoms with E-state index in [0.29, 0.717) is 29.5 Å². The zero-order valence-corrected chi connectivity index (χ0v) is 30.5. The molecule has 0 amide bonds. The Bertz CT molecular complexity index is 788. The van der Waals surface area contributed by atoms with Crippen molar-refractivity contribution < 1.29 is 19.1 Å². The number of carbonyl (C=O) groups is 1. The van der Waals surface area contributed by atoms with Crippen LogP contribution in [0.15, 0.2) is 30.3 Å². The second-order valence-electron chi connectivity index (χ2n) is 14.0. The summed E-state index contributed by atoms with van der Waals surface area (Å²) in [5, 5.41) is 11.7. The van der Waals surface area contributed by atoms with Gasteiger partial charge in [-0.05, 0) is 41.4 Å². The van der Waals surface area contributed by atoms with E-state index < -0.39 is 20.3 Å². The van der Waals surface area contributed by atoms with E-state index in [2.05, 4.69) is 55.4 Å². The summed E-state index contributed by atoms with van der Waals surface area (Å²) >= 11 is 0. The Morgan fingerprint density at radius 2 is 1.16 bits per heavy atom. The lowest BCUT2D eigenvalue weighted by molar-refractivity contribution is -0.155. The molecule has 5 heteroatoms. The Hall–Kier alpha value is -1.17. The van der Waals surface area contributed by atoms with E-state index in [-0.39, 0.29) is 18.7 Å². The average Bonchev–Trinajstić information content (AvgIpc) is 2.97. The molecule has 0 fully saturated rings. The highest BCUT2D eigenvalue weighted by atomic mass is 28.4. The van der Waals surface area contributed by atoms with Gasteiger partial charge in [-0.3, -0.25) is 4.79 Å². The molecule has 0 saturated carbocycles. The number of aliphatic hydroxyl groups excluding tert-OH is 1. The smallest absolute Gasteiger partial charge is 0.311 e. The van der Waals surface area contributed by atoms with Gasteiger partial charge in [-0.15, -0.1) is 0 Å². The second kappa shape index (κ2) is 23.2. The minimum atomic E-state index is -2.14. The van der Waals surface area contributed by atoms with Gasteiger partial charge < -0.3 is 14.3 Å². The van der Waals surface area contributed by atoms with Crippen molar-refractivity contribution in [2.45, 2.75) is 194 Å². The topological polar surface area (TPSA) is 55.8 Å². The van der Waals surface area contributed by atoms with Crippen LogP contribution in [0.5, 0.6) is 0 Å². The second-order valence-corrected chi connectivity index (χ2v) is 19.4. The molecular weight excluding hydrogens is 549 g/mol. The van der Waals surface area contributed by atoms with Gasteiger partial charge in [0.2, 0.25) is 8.32 Å². The molecular formula is C38H70O4Si. The summed E-state index contributed by atoms with van der Waals surface area (Å²) in [6, 6.07) is 9.84. The standard InChI is InChI=1S/C38H70O4Si/c1-9-11-13-15-16-17-18-19-23-27-35(42-43(31(3)4,32(5)6)33(7)8)29-37(39)36(28-24-14-12-10-2)38(40)41-30-34-25-21-20-22-26-34/h20-22,25-26,31-33,35-37,39H,9-19,23-24,27-30H2,1-8H3/t35-,36-,37-/m0/s1. The van der Waals surface area contributed by atoms with Gasteiger partial charge in [0.05, 0.1) is 12.0 Å². The molecule has 1 N–H and O–H groups in total. The van der Waals surface area contributed by atoms with Crippen molar-refractivity contribution in [3.8, 4) is 0 Å². The molecule has 0 heterocycles. The van der Waals surface area contributed by atoms with Gasteiger partial charge in [-0.1, -0.05) is 169 Å². The minimum absolute atomic E-state index is 0.0292. The van der Waals surface area contributed by atoms with E-state index in [1.165, 1.54) is 51.4 Å². The molecule has 1 rings (SSSR count). The molecule has 250 valence electrons. The number of carbonyl (C=O) groups excluding carboxylic acids is 1. The molecule has 1 aromatic carbocycles. The monoisotopic (exact) mass is 619 g/mol. The molecule has 0 radical (unpaired) electrons. The van der Waals surface area contributed by atoms with E-state index in [9.17, 15) is 9.90 Å². The van der Waals surface area contributed by atoms with E-state index in [1.54, 1.807) is 0 Å². The van der Waals surface area contributed by atoms with Crippen LogP contribution in [0.3, 0.4) is 0 Å². The SMILES string of the molecule is CCCCCCCCCCC[C@@H](C[C@H](O)[C@H](CCCCCC)C(=O)OCc1ccccc1)O[Si](C(C)C)(C(C)C)C(C)C. The van der Waals surface area contributed by atoms with Crippen molar-refractivity contribution in [2.75, 3.05) is 0 Å². The number of hydrogen-bond acceptors (Lipinski definition) is 4. The first-order chi connectivity index (χ1) is 20.6. The summed E-state index contributed by atoms with van der Waals surface area (Å²) in [4.78, 5) is 13.4. The maximum absolute atomic E-state index is 13.4. The first-order valence-electron chi connectivity index (χ1n) is 18.2. The fraction of sp³-hybridized carbons (Fsp3) is 0.816. The van der Waals surface area contributed by atoms with E-state index in [1.807, 2.05) is 30.3 Å². The Labute approximate surface area is 268 Å². The van der Waals surface area contributed by atoms with E-state index in [4.69, 9.17) is 9.16 Å². The van der Waals surface area contributed by atoms with E-state index >= 15 is 0 Å². The first-order valence-corrected chi connectivity index (χ1v) is 20.3. The number of benzene rings is 1. The van der Waals surface area contributed by atoms with Crippen molar-refractivity contribution in [1.29, 1.82) is 0 Å². The lowest BCUT2D eigenvalue weighted by Gasteiger charge is -2.45. The van der Waals surface area contributed by atoms with Gasteiger partial charge in [-0.25, -0.2) is 0 Å². The number of unbranched alkanes of at least 4 members (excludes halogenated alkanes) is 11. The Kier molecular flexibility index (Phi) is 21.5. The van der Waals surface area contributed by atoms with Crippen LogP contribution in [0.1, 0.15) is 164 Å². The van der Waals surface area contributed by atoms with Crippen LogP contribution in [-0.2, 0) is 20.6 Å². The molecule has 43 heavy (non-hydrogen) atoms. The molecule has 0 aliphatic carbocycles. The highest BCUT2D eigenvalue weighted by molar-refractivity contribution is 6.77. The van der Waals surface area contributed by atoms with Crippen LogP contribution in [0.4, 0.5) is 0 Å². The number of esters is 1. The summed E-state index contributed by atoms with van der Waals surface area (Å²) in [6.45, 7) is 18.7. The maximum Gasteiger partial charge on any atom is 0.311 e. The van der Waals surface area contributed by atoms with Crippen molar-refractivity contribution in [1.82, 2.24) is 0 Å². The van der Waals surface area contributed by atoms with Gasteiger partial charge in [0, 0.05) is 6.10 Å². The van der Waals surface area contributed by atoms with Crippen molar-refractivity contribution in [3.63, 3.8) is 0 Å². The fourth-order valence-electron chi connectivity index (χ4n) is 7.13. The number of aliphatic hydroxyl groups is 1. The Morgan fingerprint density at radius 1 is 0.698 bits per heavy atom. The summed E-state index contributed by atoms with van der Waals surface area (Å²) in [5.74, 6) is -0.780. The summed E-state index contributed by atoms with van der Waals surface area (Å²) < 4.78 is 13.1. The van der Waals surface area contributed by atoms with Gasteiger partial charge in [0.1, 0.15) is 6.61 Å². The fourth-order valence-corrected chi connectivity index (χ4v) is 12.7. The Balaban J connectivity index is 3.01. The van der Waals surface area contributed by atoms with Crippen molar-refractivity contribution in [3.05, 3.63) is 35.9 Å². The molecule has 0 unspecified atom stereocenters. The normalized spacial score (nSPS) is 14.4. The summed E-state index contributed by atoms with van der Waals surface area (Å²) in [7, 11) is -2.14. The van der Waals surface area contributed by atoms with Crippen molar-refractivity contribution >= 4 is 14.3 Å². The zero-order chi connectivity index (χ0) is 32.1. The number of rotatable bonds is 26. The summed E-state index contributed by atoms with van der Waals surface area (Å²) in [6.07, 6.45) is 17.3. The van der Waals surface area contributed by atoms with Crippen LogP contribution in [-0.4, -0.2) is 31.6 Å². The third-order valence-corrected chi connectivity index (χ3v) is 15.7. The van der Waals surface area contributed by atoms with E-state index in [0.717, 1.165) is 44.1 Å². The molecule has 1 aromatic rings. The van der Waals surface area contributed by atoms with Gasteiger partial charge in [0.15, 0.2) is 0 Å². The molecule has 0 aliphatic rings. The molecule has 0 saturated heterocycles. The van der Waals surface area contributed by atoms with Crippen LogP contribution in [0.2, 0.25) is 16.6 Å². The lowest BCUT2D eigenvalue weighted by Crippen LogP contribution is -2.51. The molecule has 0 aliphatic heterocycles. The van der Waals surface area contributed by atoms with Crippen LogP contribution < -0.4 is 0 Å². The Morgan fingerprint density at radius 3 is 1.67 bits per heavy atom.